The molecule has 0 spiro atoms. The van der Waals surface area contributed by atoms with Gasteiger partial charge in [0, 0.05) is 24.7 Å². The number of hydrogen-bond acceptors (Lipinski definition) is 1. The van der Waals surface area contributed by atoms with E-state index in [9.17, 15) is 4.79 Å². The summed E-state index contributed by atoms with van der Waals surface area (Å²) in [5.74, 6) is 0.102. The maximum Gasteiger partial charge on any atom is 0.275 e. The Hall–Kier alpha value is -2.55. The number of rotatable bonds is 1. The fourth-order valence-corrected chi connectivity index (χ4v) is 3.62. The molecule has 0 aliphatic carbocycles. The number of amides is 1. The van der Waals surface area contributed by atoms with Crippen LogP contribution < -0.4 is 4.90 Å². The normalized spacial score (nSPS) is 14.5. The zero-order chi connectivity index (χ0) is 15.3. The van der Waals surface area contributed by atoms with E-state index in [1.54, 1.807) is 0 Å². The van der Waals surface area contributed by atoms with Crippen molar-refractivity contribution < 1.29 is 4.79 Å². The van der Waals surface area contributed by atoms with E-state index in [1.807, 2.05) is 42.3 Å². The molecule has 1 amide bonds. The second kappa shape index (κ2) is 4.73. The third-order valence-corrected chi connectivity index (χ3v) is 4.62. The molecular formula is C19H18N2O. The van der Waals surface area contributed by atoms with E-state index in [1.165, 1.54) is 22.0 Å². The lowest BCUT2D eigenvalue weighted by Gasteiger charge is -2.27. The maximum absolute atomic E-state index is 13.0. The number of aromatic nitrogens is 1. The zero-order valence-electron chi connectivity index (χ0n) is 12.8. The number of benzene rings is 2. The number of para-hydroxylation sites is 2. The highest BCUT2D eigenvalue weighted by Gasteiger charge is 2.30. The third kappa shape index (κ3) is 1.72. The quantitative estimate of drug-likeness (QED) is 0.671. The molecular weight excluding hydrogens is 272 g/mol. The van der Waals surface area contributed by atoms with Crippen molar-refractivity contribution in [1.82, 2.24) is 4.57 Å². The number of carbonyl (C=O) groups is 1. The largest absolute Gasteiger partial charge is 0.339 e. The second-order valence-electron chi connectivity index (χ2n) is 5.90. The minimum Gasteiger partial charge on any atom is -0.339 e. The Bertz CT molecular complexity index is 877. The van der Waals surface area contributed by atoms with Gasteiger partial charge in [-0.05, 0) is 36.6 Å². The lowest BCUT2D eigenvalue weighted by molar-refractivity contribution is 0.0973. The number of fused-ring (bicyclic) bond motifs is 3. The number of aryl methyl sites for hydroxylation is 2. The Balaban J connectivity index is 1.91. The molecule has 0 N–H and O–H groups in total. The van der Waals surface area contributed by atoms with E-state index >= 15 is 0 Å². The molecule has 2 heterocycles. The SMILES string of the molecule is Cc1cccc2c3c(n(C)c12)C(=O)N(c1ccccc1)CC3. The van der Waals surface area contributed by atoms with E-state index in [2.05, 4.69) is 29.7 Å². The highest BCUT2D eigenvalue weighted by molar-refractivity contribution is 6.11. The summed E-state index contributed by atoms with van der Waals surface area (Å²) in [6.45, 7) is 2.84. The van der Waals surface area contributed by atoms with Gasteiger partial charge in [-0.2, -0.15) is 0 Å². The predicted octanol–water partition coefficient (Wildman–Crippen LogP) is 3.69. The van der Waals surface area contributed by atoms with Crippen molar-refractivity contribution in [1.29, 1.82) is 0 Å². The average Bonchev–Trinajstić information content (AvgIpc) is 2.83. The van der Waals surface area contributed by atoms with Gasteiger partial charge in [0.25, 0.3) is 5.91 Å². The minimum atomic E-state index is 0.102. The maximum atomic E-state index is 13.0. The molecule has 3 nitrogen and oxygen atoms in total. The van der Waals surface area contributed by atoms with Crippen LogP contribution in [0.15, 0.2) is 48.5 Å². The Labute approximate surface area is 129 Å². The Morgan fingerprint density at radius 3 is 2.55 bits per heavy atom. The molecule has 1 aliphatic heterocycles. The minimum absolute atomic E-state index is 0.102. The lowest BCUT2D eigenvalue weighted by Crippen LogP contribution is -2.38. The molecule has 0 bridgehead atoms. The van der Waals surface area contributed by atoms with Gasteiger partial charge in [-0.15, -0.1) is 0 Å². The monoisotopic (exact) mass is 290 g/mol. The van der Waals surface area contributed by atoms with Crippen LogP contribution in [0.4, 0.5) is 5.69 Å². The number of anilines is 1. The van der Waals surface area contributed by atoms with Crippen molar-refractivity contribution in [3.05, 3.63) is 65.4 Å². The Kier molecular flexibility index (Phi) is 2.83. The molecule has 1 aliphatic rings. The number of carbonyl (C=O) groups excluding carboxylic acids is 1. The van der Waals surface area contributed by atoms with Gasteiger partial charge < -0.3 is 9.47 Å². The van der Waals surface area contributed by atoms with Crippen molar-refractivity contribution >= 4 is 22.5 Å². The van der Waals surface area contributed by atoms with Crippen molar-refractivity contribution in [2.75, 3.05) is 11.4 Å². The van der Waals surface area contributed by atoms with Crippen molar-refractivity contribution in [2.45, 2.75) is 13.3 Å². The number of hydrogen-bond donors (Lipinski definition) is 0. The summed E-state index contributed by atoms with van der Waals surface area (Å²) in [6, 6.07) is 16.2. The average molecular weight is 290 g/mol. The molecule has 0 atom stereocenters. The summed E-state index contributed by atoms with van der Waals surface area (Å²) < 4.78 is 2.07. The van der Waals surface area contributed by atoms with Crippen LogP contribution in [0.3, 0.4) is 0 Å². The summed E-state index contributed by atoms with van der Waals surface area (Å²) in [4.78, 5) is 14.9. The second-order valence-corrected chi connectivity index (χ2v) is 5.90. The molecule has 3 aromatic rings. The van der Waals surface area contributed by atoms with Crippen molar-refractivity contribution in [2.24, 2.45) is 7.05 Å². The molecule has 4 rings (SSSR count). The van der Waals surface area contributed by atoms with Crippen LogP contribution >= 0.6 is 0 Å². The first kappa shape index (κ1) is 13.1. The van der Waals surface area contributed by atoms with Gasteiger partial charge in [-0.1, -0.05) is 36.4 Å². The molecule has 0 fully saturated rings. The predicted molar refractivity (Wildman–Crippen MR) is 89.5 cm³/mol. The molecule has 0 saturated heterocycles. The molecule has 0 unspecified atom stereocenters. The highest BCUT2D eigenvalue weighted by atomic mass is 16.2. The van der Waals surface area contributed by atoms with Gasteiger partial charge in [-0.3, -0.25) is 4.79 Å². The standard InChI is InChI=1S/C19H18N2O/c1-13-7-6-10-15-16-11-12-21(14-8-4-3-5-9-14)19(22)18(16)20(2)17(13)15/h3-10H,11-12H2,1-2H3. The smallest absolute Gasteiger partial charge is 0.275 e. The molecule has 0 saturated carbocycles. The van der Waals surface area contributed by atoms with E-state index in [0.717, 1.165) is 24.3 Å². The first-order valence-corrected chi connectivity index (χ1v) is 7.62. The van der Waals surface area contributed by atoms with E-state index < -0.39 is 0 Å². The third-order valence-electron chi connectivity index (χ3n) is 4.62. The van der Waals surface area contributed by atoms with Gasteiger partial charge >= 0.3 is 0 Å². The molecule has 2 aromatic carbocycles. The summed E-state index contributed by atoms with van der Waals surface area (Å²) in [5, 5.41) is 1.22. The van der Waals surface area contributed by atoms with Crippen molar-refractivity contribution in [3.8, 4) is 0 Å². The van der Waals surface area contributed by atoms with Gasteiger partial charge in [0.2, 0.25) is 0 Å². The van der Waals surface area contributed by atoms with Gasteiger partial charge in [0.1, 0.15) is 5.69 Å². The summed E-state index contributed by atoms with van der Waals surface area (Å²) >= 11 is 0. The summed E-state index contributed by atoms with van der Waals surface area (Å²) in [5.41, 5.74) is 5.39. The fraction of sp³-hybridized carbons (Fsp3) is 0.211. The summed E-state index contributed by atoms with van der Waals surface area (Å²) in [7, 11) is 2.00. The van der Waals surface area contributed by atoms with Crippen LogP contribution in [-0.2, 0) is 13.5 Å². The zero-order valence-corrected chi connectivity index (χ0v) is 12.8. The molecule has 1 aromatic heterocycles. The van der Waals surface area contributed by atoms with Gasteiger partial charge in [0.15, 0.2) is 0 Å². The first-order valence-electron chi connectivity index (χ1n) is 7.62. The Morgan fingerprint density at radius 2 is 1.77 bits per heavy atom. The van der Waals surface area contributed by atoms with E-state index in [-0.39, 0.29) is 5.91 Å². The van der Waals surface area contributed by atoms with Crippen LogP contribution in [0, 0.1) is 6.92 Å². The van der Waals surface area contributed by atoms with Crippen LogP contribution in [0.5, 0.6) is 0 Å². The van der Waals surface area contributed by atoms with Crippen molar-refractivity contribution in [3.63, 3.8) is 0 Å². The molecule has 0 radical (unpaired) electrons. The Morgan fingerprint density at radius 1 is 1.00 bits per heavy atom. The topological polar surface area (TPSA) is 25.2 Å². The molecule has 22 heavy (non-hydrogen) atoms. The first-order chi connectivity index (χ1) is 10.7. The van der Waals surface area contributed by atoms with Crippen LogP contribution in [0.1, 0.15) is 21.6 Å². The highest BCUT2D eigenvalue weighted by Crippen LogP contribution is 2.33. The van der Waals surface area contributed by atoms with Crippen LogP contribution in [-0.4, -0.2) is 17.0 Å². The van der Waals surface area contributed by atoms with E-state index in [4.69, 9.17) is 0 Å². The van der Waals surface area contributed by atoms with E-state index in [0.29, 0.717) is 0 Å². The van der Waals surface area contributed by atoms with Gasteiger partial charge in [-0.25, -0.2) is 0 Å². The molecule has 110 valence electrons. The fourth-order valence-electron chi connectivity index (χ4n) is 3.62. The summed E-state index contributed by atoms with van der Waals surface area (Å²) in [6.07, 6.45) is 0.900. The number of nitrogens with zero attached hydrogens (tertiary/aromatic N) is 2. The lowest BCUT2D eigenvalue weighted by atomic mass is 10.0. The molecule has 3 heteroatoms. The van der Waals surface area contributed by atoms with Crippen LogP contribution in [0.25, 0.3) is 10.9 Å². The van der Waals surface area contributed by atoms with Crippen LogP contribution in [0.2, 0.25) is 0 Å². The van der Waals surface area contributed by atoms with Gasteiger partial charge in [0.05, 0.1) is 5.52 Å².